The summed E-state index contributed by atoms with van der Waals surface area (Å²) in [7, 11) is 0. The number of nitrogens with two attached hydrogens (primary N) is 1. The lowest BCUT2D eigenvalue weighted by atomic mass is 9.76. The van der Waals surface area contributed by atoms with Gasteiger partial charge in [-0.2, -0.15) is 0 Å². The quantitative estimate of drug-likeness (QED) is 0.0562. The first-order valence-corrected chi connectivity index (χ1v) is 22.9. The van der Waals surface area contributed by atoms with Crippen LogP contribution in [0, 0.1) is 17.8 Å². The van der Waals surface area contributed by atoms with E-state index in [-0.39, 0.29) is 85.6 Å². The van der Waals surface area contributed by atoms with Crippen molar-refractivity contribution in [1.82, 2.24) is 10.2 Å². The fourth-order valence-corrected chi connectivity index (χ4v) is 9.27. The molecule has 340 valence electrons. The van der Waals surface area contributed by atoms with Gasteiger partial charge in [-0.05, 0) is 36.3 Å². The zero-order valence-electron chi connectivity index (χ0n) is 37.0. The van der Waals surface area contributed by atoms with E-state index in [1.54, 1.807) is 78.9 Å². The number of carbonyl (C=O) groups excluding carboxylic acids is 8. The minimum absolute atomic E-state index is 0.0955. The Balaban J connectivity index is 1.20. The van der Waals surface area contributed by atoms with E-state index in [4.69, 9.17) is 10.5 Å². The van der Waals surface area contributed by atoms with Crippen LogP contribution in [0.3, 0.4) is 0 Å². The highest BCUT2D eigenvalue weighted by atomic mass is 16.5. The van der Waals surface area contributed by atoms with Gasteiger partial charge in [-0.25, -0.2) is 0 Å². The predicted molar refractivity (Wildman–Crippen MR) is 244 cm³/mol. The Bertz CT molecular complexity index is 2310. The maximum atomic E-state index is 15.1. The minimum Gasteiger partial charge on any atom is -0.372 e. The number of Topliss-reactive ketones (excluding diaryl/α,β-unsaturated/α-hetero) is 4. The molecule has 1 aliphatic carbocycles. The van der Waals surface area contributed by atoms with Gasteiger partial charge in [-0.1, -0.05) is 148 Å². The van der Waals surface area contributed by atoms with Crippen molar-refractivity contribution in [3.63, 3.8) is 0 Å². The average Bonchev–Trinajstić information content (AvgIpc) is 3.78. The molecule has 12 nitrogen and oxygen atoms in total. The summed E-state index contributed by atoms with van der Waals surface area (Å²) >= 11 is 0. The molecule has 65 heavy (non-hydrogen) atoms. The van der Waals surface area contributed by atoms with Gasteiger partial charge in [-0.15, -0.1) is 0 Å². The molecule has 0 aromatic heterocycles. The van der Waals surface area contributed by atoms with Gasteiger partial charge in [0.25, 0.3) is 0 Å². The molecule has 1 aliphatic heterocycles. The van der Waals surface area contributed by atoms with E-state index in [2.05, 4.69) is 5.32 Å². The number of ketones is 5. The number of amides is 3. The molecule has 6 rings (SSSR count). The summed E-state index contributed by atoms with van der Waals surface area (Å²) in [6.45, 7) is 2.18. The third kappa shape index (κ3) is 12.9. The van der Waals surface area contributed by atoms with E-state index in [1.807, 2.05) is 43.3 Å². The van der Waals surface area contributed by atoms with Gasteiger partial charge in [-0.3, -0.25) is 38.4 Å². The number of hydrogen-bond donors (Lipinski definition) is 2. The highest BCUT2D eigenvalue weighted by molar-refractivity contribution is 6.38. The first-order chi connectivity index (χ1) is 31.4. The number of primary amides is 1. The Morgan fingerprint density at radius 3 is 2.00 bits per heavy atom. The van der Waals surface area contributed by atoms with Gasteiger partial charge in [0.2, 0.25) is 23.5 Å². The molecule has 1 heterocycles. The largest absolute Gasteiger partial charge is 0.372 e. The van der Waals surface area contributed by atoms with Gasteiger partial charge in [0.05, 0.1) is 18.8 Å². The lowest BCUT2D eigenvalue weighted by Crippen LogP contribution is -2.47. The van der Waals surface area contributed by atoms with Crippen molar-refractivity contribution in [2.75, 3.05) is 6.54 Å². The normalized spacial score (nSPS) is 17.6. The molecule has 0 radical (unpaired) electrons. The molecule has 5 atom stereocenters. The topological polar surface area (TPSA) is 187 Å². The summed E-state index contributed by atoms with van der Waals surface area (Å²) in [5.74, 6) is -6.25. The Hall–Kier alpha value is -6.40. The van der Waals surface area contributed by atoms with Gasteiger partial charge < -0.3 is 20.7 Å². The van der Waals surface area contributed by atoms with Crippen molar-refractivity contribution in [1.29, 1.82) is 0 Å². The molecule has 1 saturated carbocycles. The number of rotatable bonds is 23. The highest BCUT2D eigenvalue weighted by Gasteiger charge is 2.45. The monoisotopic (exact) mass is 881 g/mol. The summed E-state index contributed by atoms with van der Waals surface area (Å²) in [4.78, 5) is 111. The molecule has 3 N–H and O–H groups in total. The van der Waals surface area contributed by atoms with Crippen molar-refractivity contribution >= 4 is 46.6 Å². The lowest BCUT2D eigenvalue weighted by molar-refractivity contribution is -0.144. The number of carbonyl (C=O) groups is 8. The van der Waals surface area contributed by atoms with Gasteiger partial charge >= 0.3 is 0 Å². The van der Waals surface area contributed by atoms with Gasteiger partial charge in [0, 0.05) is 67.2 Å². The Kier molecular flexibility index (Phi) is 17.4. The maximum Gasteiger partial charge on any atom is 0.244 e. The van der Waals surface area contributed by atoms with E-state index in [1.165, 1.54) is 4.90 Å². The van der Waals surface area contributed by atoms with Crippen LogP contribution in [0.4, 0.5) is 0 Å². The van der Waals surface area contributed by atoms with Crippen LogP contribution in [0.25, 0.3) is 0 Å². The van der Waals surface area contributed by atoms with Crippen molar-refractivity contribution in [3.8, 4) is 0 Å². The first kappa shape index (κ1) is 48.1. The van der Waals surface area contributed by atoms with E-state index in [0.29, 0.717) is 17.5 Å². The zero-order valence-corrected chi connectivity index (χ0v) is 37.0. The number of hydrogen-bond acceptors (Lipinski definition) is 9. The van der Waals surface area contributed by atoms with E-state index in [0.717, 1.165) is 37.7 Å². The molecule has 3 amide bonds. The second-order valence-corrected chi connectivity index (χ2v) is 17.3. The summed E-state index contributed by atoms with van der Waals surface area (Å²) in [5.41, 5.74) is 7.86. The summed E-state index contributed by atoms with van der Waals surface area (Å²) < 4.78 is 6.33. The van der Waals surface area contributed by atoms with Crippen molar-refractivity contribution in [2.45, 2.75) is 109 Å². The maximum absolute atomic E-state index is 15.1. The number of ether oxygens (including phenoxy) is 1. The second-order valence-electron chi connectivity index (χ2n) is 17.3. The standard InChI is InChI=1S/C53H59N3O9/c1-2-17-39(51(62)45(57)28-29-48(60)55-49(52(54)63)37-22-11-5-12-23-37)30-47(59)44-31-40(65-34-35-18-7-3-8-19-35)33-56(44)53(64)43(36-20-9-4-10-21-36)32-46(58)41-26-15-16-27-42(41)50(61)38-24-13-6-14-25-38/h3,5-8,11-16,18-19,22-27,36,39-40,43-44,49H,2,4,9-10,17,20-21,28-34H2,1H3,(H2,54,63)(H,55,60)/t39?,40-,43?,44+,49?/m1/s1. The summed E-state index contributed by atoms with van der Waals surface area (Å²) in [6, 6.07) is 31.3. The van der Waals surface area contributed by atoms with Crippen LogP contribution >= 0.6 is 0 Å². The first-order valence-electron chi connectivity index (χ1n) is 22.9. The smallest absolute Gasteiger partial charge is 0.244 e. The molecule has 0 bridgehead atoms. The summed E-state index contributed by atoms with van der Waals surface area (Å²) in [5, 5.41) is 2.54. The third-order valence-corrected chi connectivity index (χ3v) is 12.7. The van der Waals surface area contributed by atoms with Crippen molar-refractivity contribution in [2.24, 2.45) is 23.5 Å². The number of nitrogens with zero attached hydrogens (tertiary/aromatic N) is 1. The van der Waals surface area contributed by atoms with E-state index in [9.17, 15) is 33.6 Å². The van der Waals surface area contributed by atoms with Crippen LogP contribution in [0.15, 0.2) is 115 Å². The number of benzene rings is 4. The fourth-order valence-electron chi connectivity index (χ4n) is 9.27. The Morgan fingerprint density at radius 1 is 0.738 bits per heavy atom. The predicted octanol–water partition coefficient (Wildman–Crippen LogP) is 7.51. The van der Waals surface area contributed by atoms with Gasteiger partial charge in [0.1, 0.15) is 6.04 Å². The van der Waals surface area contributed by atoms with Crippen LogP contribution in [-0.2, 0) is 40.1 Å². The molecule has 4 aromatic carbocycles. The van der Waals surface area contributed by atoms with Crippen LogP contribution in [-0.4, -0.2) is 70.2 Å². The molecular weight excluding hydrogens is 823 g/mol. The SMILES string of the molecule is CCCC(CC(=O)[C@@H]1C[C@@H](OCc2ccccc2)CN1C(=O)C(CC(=O)c1ccccc1C(=O)c1ccccc1)C1CCCCC1)C(=O)C(=O)CCC(=O)NC(C(N)=O)c1ccccc1. The van der Waals surface area contributed by atoms with E-state index >= 15 is 4.79 Å². The molecule has 1 saturated heterocycles. The summed E-state index contributed by atoms with van der Waals surface area (Å²) in [6.07, 6.45) is 3.38. The van der Waals surface area contributed by atoms with Gasteiger partial charge in [0.15, 0.2) is 23.1 Å². The molecule has 12 heteroatoms. The average molecular weight is 882 g/mol. The molecule has 3 unspecified atom stereocenters. The Morgan fingerprint density at radius 2 is 1.35 bits per heavy atom. The van der Waals surface area contributed by atoms with Crippen molar-refractivity contribution < 1.29 is 43.1 Å². The molecule has 2 fully saturated rings. The zero-order chi connectivity index (χ0) is 46.3. The number of likely N-dealkylation sites (tertiary alicyclic amines) is 1. The van der Waals surface area contributed by atoms with Crippen LogP contribution < -0.4 is 11.1 Å². The fraction of sp³-hybridized carbons (Fsp3) is 0.396. The Labute approximate surface area is 380 Å². The lowest BCUT2D eigenvalue weighted by Gasteiger charge is -2.34. The van der Waals surface area contributed by atoms with Crippen molar-refractivity contribution in [3.05, 3.63) is 143 Å². The third-order valence-electron chi connectivity index (χ3n) is 12.7. The second kappa shape index (κ2) is 23.5. The van der Waals surface area contributed by atoms with Crippen LogP contribution in [0.2, 0.25) is 0 Å². The van der Waals surface area contributed by atoms with Crippen LogP contribution in [0.5, 0.6) is 0 Å². The molecular formula is C53H59N3O9. The molecule has 0 spiro atoms. The highest BCUT2D eigenvalue weighted by Crippen LogP contribution is 2.37. The number of nitrogens with one attached hydrogen (secondary N) is 1. The van der Waals surface area contributed by atoms with Crippen LogP contribution in [0.1, 0.15) is 127 Å². The molecule has 4 aromatic rings. The van der Waals surface area contributed by atoms with E-state index < -0.39 is 59.8 Å². The molecule has 2 aliphatic rings. The minimum atomic E-state index is -1.12.